The molecule has 2 fully saturated rings. The molecule has 0 radical (unpaired) electrons. The number of fused-ring (bicyclic) bond motifs is 3. The fourth-order valence-electron chi connectivity index (χ4n) is 4.27. The molecule has 154 valence electrons. The first-order valence-electron chi connectivity index (χ1n) is 9.64. The van der Waals surface area contributed by atoms with Crippen LogP contribution in [0.15, 0.2) is 53.5 Å². The Morgan fingerprint density at radius 3 is 2.53 bits per heavy atom. The van der Waals surface area contributed by atoms with Crippen LogP contribution in [0.2, 0.25) is 10.0 Å². The summed E-state index contributed by atoms with van der Waals surface area (Å²) in [5, 5.41) is 1.23. The van der Waals surface area contributed by atoms with Gasteiger partial charge in [0.2, 0.25) is 5.96 Å². The minimum absolute atomic E-state index is 0.176. The van der Waals surface area contributed by atoms with Gasteiger partial charge in [0.05, 0.1) is 6.54 Å². The first-order chi connectivity index (χ1) is 14.4. The lowest BCUT2D eigenvalue weighted by atomic mass is 10.1. The van der Waals surface area contributed by atoms with Gasteiger partial charge in [-0.25, -0.2) is 9.79 Å². The van der Waals surface area contributed by atoms with Gasteiger partial charge >= 0.3 is 6.03 Å². The first-order valence-corrected chi connectivity index (χ1v) is 10.4. The van der Waals surface area contributed by atoms with Gasteiger partial charge in [-0.05, 0) is 42.0 Å². The Labute approximate surface area is 184 Å². The van der Waals surface area contributed by atoms with E-state index in [0.29, 0.717) is 29.1 Å². The van der Waals surface area contributed by atoms with Crippen LogP contribution < -0.4 is 4.90 Å². The molecule has 9 heteroatoms. The number of guanidine groups is 1. The van der Waals surface area contributed by atoms with Gasteiger partial charge in [-0.2, -0.15) is 0 Å². The van der Waals surface area contributed by atoms with Crippen molar-refractivity contribution in [3.05, 3.63) is 64.1 Å². The van der Waals surface area contributed by atoms with Gasteiger partial charge in [0.15, 0.2) is 12.2 Å². The van der Waals surface area contributed by atoms with Gasteiger partial charge in [-0.15, -0.1) is 0 Å². The van der Waals surface area contributed by atoms with Gasteiger partial charge < -0.3 is 14.7 Å². The number of halogens is 2. The second kappa shape index (κ2) is 7.18. The lowest BCUT2D eigenvalue weighted by Crippen LogP contribution is -2.64. The van der Waals surface area contributed by atoms with Crippen molar-refractivity contribution in [2.45, 2.75) is 18.8 Å². The number of urea groups is 1. The molecule has 0 saturated carbocycles. The van der Waals surface area contributed by atoms with Crippen LogP contribution in [0, 0.1) is 0 Å². The van der Waals surface area contributed by atoms with Gasteiger partial charge in [-0.1, -0.05) is 35.3 Å². The number of carbonyl (C=O) groups is 2. The van der Waals surface area contributed by atoms with Crippen LogP contribution in [-0.2, 0) is 11.3 Å². The van der Waals surface area contributed by atoms with Crippen LogP contribution >= 0.6 is 23.2 Å². The molecule has 0 spiro atoms. The van der Waals surface area contributed by atoms with E-state index in [2.05, 4.69) is 4.90 Å². The van der Waals surface area contributed by atoms with Crippen molar-refractivity contribution in [2.24, 2.45) is 4.99 Å². The summed E-state index contributed by atoms with van der Waals surface area (Å²) >= 11 is 12.1. The Morgan fingerprint density at radius 1 is 1.03 bits per heavy atom. The van der Waals surface area contributed by atoms with E-state index < -0.39 is 12.2 Å². The molecule has 2 atom stereocenters. The van der Waals surface area contributed by atoms with E-state index in [1.165, 1.54) is 4.90 Å². The number of benzene rings is 2. The molecule has 0 bridgehead atoms. The SMILES string of the molecule is CN1C(=O)N(Cc2cccc(Cl)c2)C(=O)C2C1N=C1N(c3ccc(Cl)cc3)CCN12. The number of nitrogens with zero attached hydrogens (tertiary/aromatic N) is 5. The van der Waals surface area contributed by atoms with Crippen LogP contribution in [0.5, 0.6) is 0 Å². The molecule has 0 N–H and O–H groups in total. The normalized spacial score (nSPS) is 23.1. The molecule has 7 nitrogen and oxygen atoms in total. The summed E-state index contributed by atoms with van der Waals surface area (Å²) in [6, 6.07) is 13.8. The van der Waals surface area contributed by atoms with Crippen molar-refractivity contribution in [2.75, 3.05) is 25.0 Å². The second-order valence-electron chi connectivity index (χ2n) is 7.56. The van der Waals surface area contributed by atoms with E-state index in [1.54, 1.807) is 24.1 Å². The van der Waals surface area contributed by atoms with Crippen molar-refractivity contribution < 1.29 is 9.59 Å². The standard InChI is InChI=1S/C21H19Cl2N5O2/c1-25-18-17(19(29)28(21(25)30)12-13-3-2-4-15(23)11-13)27-10-9-26(20(27)24-18)16-7-5-14(22)6-8-16/h2-8,11,17-18H,9-10,12H2,1H3. The zero-order chi connectivity index (χ0) is 21.0. The quantitative estimate of drug-likeness (QED) is 0.730. The molecule has 2 aromatic rings. The lowest BCUT2D eigenvalue weighted by Gasteiger charge is -2.40. The number of carbonyl (C=O) groups excluding carboxylic acids is 2. The third kappa shape index (κ3) is 3.00. The highest BCUT2D eigenvalue weighted by atomic mass is 35.5. The van der Waals surface area contributed by atoms with Gasteiger partial charge in [0.1, 0.15) is 0 Å². The van der Waals surface area contributed by atoms with E-state index in [4.69, 9.17) is 28.2 Å². The van der Waals surface area contributed by atoms with Gasteiger partial charge in [-0.3, -0.25) is 9.69 Å². The minimum Gasteiger partial charge on any atom is -0.325 e. The number of aliphatic imine (C=N–C) groups is 1. The monoisotopic (exact) mass is 443 g/mol. The number of amides is 3. The molecular formula is C21H19Cl2N5O2. The molecule has 3 aliphatic rings. The average molecular weight is 444 g/mol. The van der Waals surface area contributed by atoms with Gasteiger partial charge in [0.25, 0.3) is 5.91 Å². The summed E-state index contributed by atoms with van der Waals surface area (Å²) in [4.78, 5) is 38.0. The number of rotatable bonds is 3. The fourth-order valence-corrected chi connectivity index (χ4v) is 4.60. The predicted octanol–water partition coefficient (Wildman–Crippen LogP) is 3.27. The summed E-state index contributed by atoms with van der Waals surface area (Å²) in [7, 11) is 1.69. The van der Waals surface area contributed by atoms with Gasteiger partial charge in [0, 0.05) is 35.9 Å². The number of imide groups is 1. The largest absolute Gasteiger partial charge is 0.328 e. The molecule has 0 aromatic heterocycles. The molecule has 3 aliphatic heterocycles. The molecule has 2 saturated heterocycles. The molecule has 5 rings (SSSR count). The summed E-state index contributed by atoms with van der Waals surface area (Å²) in [6.45, 7) is 1.54. The number of hydrogen-bond acceptors (Lipinski definition) is 5. The molecular weight excluding hydrogens is 425 g/mol. The van der Waals surface area contributed by atoms with Crippen LogP contribution in [0.1, 0.15) is 5.56 Å². The fraction of sp³-hybridized carbons (Fsp3) is 0.286. The number of likely N-dealkylation sites (N-methyl/N-ethyl adjacent to an activating group) is 1. The van der Waals surface area contributed by atoms with Crippen molar-refractivity contribution in [1.29, 1.82) is 0 Å². The summed E-state index contributed by atoms with van der Waals surface area (Å²) < 4.78 is 0. The third-order valence-electron chi connectivity index (χ3n) is 5.75. The minimum atomic E-state index is -0.536. The van der Waals surface area contributed by atoms with Crippen LogP contribution in [0.25, 0.3) is 0 Å². The lowest BCUT2D eigenvalue weighted by molar-refractivity contribution is -0.137. The first kappa shape index (κ1) is 19.2. The highest BCUT2D eigenvalue weighted by Gasteiger charge is 2.54. The smallest absolute Gasteiger partial charge is 0.325 e. The molecule has 2 aromatic carbocycles. The zero-order valence-corrected chi connectivity index (χ0v) is 17.7. The maximum atomic E-state index is 13.4. The van der Waals surface area contributed by atoms with E-state index in [-0.39, 0.29) is 18.5 Å². The maximum absolute atomic E-state index is 13.4. The van der Waals surface area contributed by atoms with Crippen LogP contribution in [0.4, 0.5) is 10.5 Å². The molecule has 0 aliphatic carbocycles. The van der Waals surface area contributed by atoms with E-state index >= 15 is 0 Å². The number of hydrogen-bond donors (Lipinski definition) is 0. The Kier molecular flexibility index (Phi) is 4.60. The van der Waals surface area contributed by atoms with Crippen molar-refractivity contribution >= 4 is 46.8 Å². The maximum Gasteiger partial charge on any atom is 0.328 e. The molecule has 3 amide bonds. The van der Waals surface area contributed by atoms with E-state index in [1.807, 2.05) is 41.3 Å². The highest BCUT2D eigenvalue weighted by molar-refractivity contribution is 6.31. The van der Waals surface area contributed by atoms with Crippen LogP contribution in [0.3, 0.4) is 0 Å². The molecule has 2 unspecified atom stereocenters. The topological polar surface area (TPSA) is 59.5 Å². The van der Waals surface area contributed by atoms with Crippen molar-refractivity contribution in [1.82, 2.24) is 14.7 Å². The van der Waals surface area contributed by atoms with E-state index in [9.17, 15) is 9.59 Å². The Morgan fingerprint density at radius 2 is 1.80 bits per heavy atom. The summed E-state index contributed by atoms with van der Waals surface area (Å²) in [5.74, 6) is 0.477. The third-order valence-corrected chi connectivity index (χ3v) is 6.23. The molecule has 3 heterocycles. The summed E-state index contributed by atoms with van der Waals surface area (Å²) in [6.07, 6.45) is -0.536. The Hall–Kier alpha value is -2.77. The van der Waals surface area contributed by atoms with Crippen LogP contribution in [-0.4, -0.2) is 64.9 Å². The Bertz CT molecular complexity index is 1060. The number of anilines is 1. The highest BCUT2D eigenvalue weighted by Crippen LogP contribution is 2.34. The predicted molar refractivity (Wildman–Crippen MR) is 116 cm³/mol. The van der Waals surface area contributed by atoms with Crippen molar-refractivity contribution in [3.63, 3.8) is 0 Å². The Balaban J connectivity index is 1.43. The average Bonchev–Trinajstić information content (AvgIpc) is 3.30. The summed E-state index contributed by atoms with van der Waals surface area (Å²) in [5.41, 5.74) is 1.76. The molecule has 30 heavy (non-hydrogen) atoms. The van der Waals surface area contributed by atoms with E-state index in [0.717, 1.165) is 11.3 Å². The van der Waals surface area contributed by atoms with Crippen molar-refractivity contribution in [3.8, 4) is 0 Å². The second-order valence-corrected chi connectivity index (χ2v) is 8.43. The zero-order valence-electron chi connectivity index (χ0n) is 16.2.